The summed E-state index contributed by atoms with van der Waals surface area (Å²) in [6.07, 6.45) is -5.01. The van der Waals surface area contributed by atoms with Gasteiger partial charge in [-0.3, -0.25) is 4.79 Å². The second-order valence-corrected chi connectivity index (χ2v) is 8.85. The average Bonchev–Trinajstić information content (AvgIpc) is 2.86. The van der Waals surface area contributed by atoms with E-state index in [1.807, 2.05) is 30.3 Å². The van der Waals surface area contributed by atoms with Gasteiger partial charge in [0.1, 0.15) is 12.4 Å². The van der Waals surface area contributed by atoms with Crippen molar-refractivity contribution in [3.05, 3.63) is 83.3 Å². The molecule has 11 heteroatoms. The Morgan fingerprint density at radius 1 is 1.14 bits per heavy atom. The van der Waals surface area contributed by atoms with Gasteiger partial charge in [-0.2, -0.15) is 13.2 Å². The van der Waals surface area contributed by atoms with Crippen LogP contribution in [0.4, 0.5) is 27.8 Å². The molecule has 1 unspecified atom stereocenters. The van der Waals surface area contributed by atoms with Crippen molar-refractivity contribution in [3.8, 4) is 5.75 Å². The number of nitrogens with one attached hydrogen (secondary N) is 1. The number of hydrogen-bond acceptors (Lipinski definition) is 5. The lowest BCUT2D eigenvalue weighted by atomic mass is 9.97. The Morgan fingerprint density at radius 2 is 1.89 bits per heavy atom. The fourth-order valence-corrected chi connectivity index (χ4v) is 4.05. The highest BCUT2D eigenvalue weighted by atomic mass is 19.4. The molecule has 1 fully saturated rings. The lowest BCUT2D eigenvalue weighted by Crippen LogP contribution is -2.52. The van der Waals surface area contributed by atoms with Gasteiger partial charge in [-0.05, 0) is 36.8 Å². The van der Waals surface area contributed by atoms with Gasteiger partial charge in [0.25, 0.3) is 11.8 Å². The molecule has 1 saturated heterocycles. The number of alkyl halides is 5. The summed E-state index contributed by atoms with van der Waals surface area (Å²) in [6.45, 7) is 1.55. The van der Waals surface area contributed by atoms with E-state index in [1.54, 1.807) is 19.1 Å². The van der Waals surface area contributed by atoms with E-state index >= 15 is 0 Å². The molecule has 37 heavy (non-hydrogen) atoms. The minimum absolute atomic E-state index is 0.0128. The number of carbonyl (C=O) groups excluding carboxylic acids is 1. The summed E-state index contributed by atoms with van der Waals surface area (Å²) in [5.74, 6) is -3.25. The van der Waals surface area contributed by atoms with E-state index < -0.39 is 42.5 Å². The Morgan fingerprint density at radius 3 is 2.57 bits per heavy atom. The lowest BCUT2D eigenvalue weighted by molar-refractivity contribution is -0.137. The van der Waals surface area contributed by atoms with E-state index in [0.717, 1.165) is 17.7 Å². The van der Waals surface area contributed by atoms with Crippen LogP contribution in [0.5, 0.6) is 5.75 Å². The third-order valence-electron chi connectivity index (χ3n) is 6.00. The number of ether oxygens (including phenoxy) is 1. The Labute approximate surface area is 210 Å². The fourth-order valence-electron chi connectivity index (χ4n) is 4.05. The zero-order valence-electron chi connectivity index (χ0n) is 19.9. The summed E-state index contributed by atoms with van der Waals surface area (Å²) in [5.41, 5.74) is 0.526. The van der Waals surface area contributed by atoms with Crippen LogP contribution in [0.2, 0.25) is 0 Å². The smallest absolute Gasteiger partial charge is 0.417 e. The monoisotopic (exact) mass is 520 g/mol. The number of benzene rings is 1. The first-order valence-electron chi connectivity index (χ1n) is 11.6. The molecule has 0 bridgehead atoms. The Bertz CT molecular complexity index is 1220. The van der Waals surface area contributed by atoms with Gasteiger partial charge in [0, 0.05) is 37.8 Å². The SMILES string of the molecule is Cc1ccc(OCc2ccccc2)c(C(=O)N2CCC(F)(F)CC2CNc2ccc(C(F)(F)F)cn2)n1. The summed E-state index contributed by atoms with van der Waals surface area (Å²) < 4.78 is 72.8. The number of carbonyl (C=O) groups is 1. The predicted octanol–water partition coefficient (Wildman–Crippen LogP) is 5.73. The molecule has 0 radical (unpaired) electrons. The molecule has 1 aliphatic rings. The van der Waals surface area contributed by atoms with Gasteiger partial charge in [0.15, 0.2) is 11.4 Å². The van der Waals surface area contributed by atoms with Crippen LogP contribution >= 0.6 is 0 Å². The summed E-state index contributed by atoms with van der Waals surface area (Å²) >= 11 is 0. The molecular formula is C26H25F5N4O2. The van der Waals surface area contributed by atoms with Crippen molar-refractivity contribution < 1.29 is 31.5 Å². The third-order valence-corrected chi connectivity index (χ3v) is 6.00. The highest BCUT2D eigenvalue weighted by Crippen LogP contribution is 2.34. The highest BCUT2D eigenvalue weighted by molar-refractivity contribution is 5.95. The van der Waals surface area contributed by atoms with Crippen LogP contribution in [-0.4, -0.2) is 45.8 Å². The number of halogens is 5. The van der Waals surface area contributed by atoms with Gasteiger partial charge >= 0.3 is 6.18 Å². The number of nitrogens with zero attached hydrogens (tertiary/aromatic N) is 3. The minimum Gasteiger partial charge on any atom is -0.486 e. The summed E-state index contributed by atoms with van der Waals surface area (Å²) in [6, 6.07) is 13.6. The molecule has 4 rings (SSSR count). The van der Waals surface area contributed by atoms with Crippen LogP contribution in [0.1, 0.15) is 40.2 Å². The van der Waals surface area contributed by atoms with Crippen LogP contribution in [0, 0.1) is 6.92 Å². The molecule has 6 nitrogen and oxygen atoms in total. The van der Waals surface area contributed by atoms with Gasteiger partial charge < -0.3 is 15.0 Å². The van der Waals surface area contributed by atoms with E-state index in [2.05, 4.69) is 15.3 Å². The van der Waals surface area contributed by atoms with Crippen molar-refractivity contribution >= 4 is 11.7 Å². The van der Waals surface area contributed by atoms with Crippen LogP contribution in [-0.2, 0) is 12.8 Å². The molecule has 1 atom stereocenters. The van der Waals surface area contributed by atoms with Crippen LogP contribution < -0.4 is 10.1 Å². The first-order valence-corrected chi connectivity index (χ1v) is 11.6. The number of aryl methyl sites for hydroxylation is 1. The number of piperidine rings is 1. The lowest BCUT2D eigenvalue weighted by Gasteiger charge is -2.39. The second kappa shape index (κ2) is 10.7. The maximum atomic E-state index is 14.3. The topological polar surface area (TPSA) is 67.3 Å². The summed E-state index contributed by atoms with van der Waals surface area (Å²) in [4.78, 5) is 22.9. The number of likely N-dealkylation sites (tertiary alicyclic amines) is 1. The van der Waals surface area contributed by atoms with E-state index in [9.17, 15) is 26.7 Å². The second-order valence-electron chi connectivity index (χ2n) is 8.85. The molecule has 0 spiro atoms. The van der Waals surface area contributed by atoms with Crippen molar-refractivity contribution in [2.24, 2.45) is 0 Å². The zero-order valence-corrected chi connectivity index (χ0v) is 19.9. The third kappa shape index (κ3) is 6.72. The van der Waals surface area contributed by atoms with Crippen molar-refractivity contribution in [3.63, 3.8) is 0 Å². The zero-order chi connectivity index (χ0) is 26.6. The normalized spacial score (nSPS) is 17.4. The molecular weight excluding hydrogens is 495 g/mol. The average molecular weight is 521 g/mol. The Hall–Kier alpha value is -3.76. The molecule has 3 aromatic rings. The van der Waals surface area contributed by atoms with Crippen molar-refractivity contribution in [2.75, 3.05) is 18.4 Å². The minimum atomic E-state index is -4.54. The molecule has 1 amide bonds. The van der Waals surface area contributed by atoms with Gasteiger partial charge in [0.05, 0.1) is 11.6 Å². The van der Waals surface area contributed by atoms with E-state index in [1.165, 1.54) is 4.90 Å². The summed E-state index contributed by atoms with van der Waals surface area (Å²) in [5, 5.41) is 2.78. The number of rotatable bonds is 7. The van der Waals surface area contributed by atoms with Crippen molar-refractivity contribution in [2.45, 2.75) is 44.5 Å². The number of amides is 1. The quantitative estimate of drug-likeness (QED) is 0.403. The van der Waals surface area contributed by atoms with Crippen LogP contribution in [0.25, 0.3) is 0 Å². The van der Waals surface area contributed by atoms with Gasteiger partial charge in [-0.1, -0.05) is 30.3 Å². The van der Waals surface area contributed by atoms with Gasteiger partial charge in [-0.15, -0.1) is 0 Å². The molecule has 0 saturated carbocycles. The maximum Gasteiger partial charge on any atom is 0.417 e. The number of aromatic nitrogens is 2. The standard InChI is InChI=1S/C26H25F5N4O2/c1-17-7-9-21(37-16-18-5-3-2-4-6-18)23(34-17)24(36)35-12-11-25(27,28)13-20(35)15-33-22-10-8-19(14-32-22)26(29,30)31/h2-10,14,20H,11-13,15-16H2,1H3,(H,32,33). The maximum absolute atomic E-state index is 14.3. The first-order chi connectivity index (χ1) is 17.5. The Balaban J connectivity index is 1.52. The first kappa shape index (κ1) is 26.3. The number of hydrogen-bond donors (Lipinski definition) is 1. The number of anilines is 1. The van der Waals surface area contributed by atoms with E-state index in [-0.39, 0.29) is 37.0 Å². The molecule has 1 aliphatic heterocycles. The molecule has 1 N–H and O–H groups in total. The fraction of sp³-hybridized carbons (Fsp3) is 0.346. The van der Waals surface area contributed by atoms with Crippen molar-refractivity contribution in [1.29, 1.82) is 0 Å². The van der Waals surface area contributed by atoms with Crippen LogP contribution in [0.3, 0.4) is 0 Å². The predicted molar refractivity (Wildman–Crippen MR) is 126 cm³/mol. The van der Waals surface area contributed by atoms with Gasteiger partial charge in [0.2, 0.25) is 0 Å². The van der Waals surface area contributed by atoms with E-state index in [0.29, 0.717) is 11.9 Å². The molecule has 196 valence electrons. The molecule has 3 heterocycles. The van der Waals surface area contributed by atoms with E-state index in [4.69, 9.17) is 4.74 Å². The summed E-state index contributed by atoms with van der Waals surface area (Å²) in [7, 11) is 0. The largest absolute Gasteiger partial charge is 0.486 e. The Kier molecular flexibility index (Phi) is 7.60. The molecule has 2 aromatic heterocycles. The number of pyridine rings is 2. The molecule has 0 aliphatic carbocycles. The highest BCUT2D eigenvalue weighted by Gasteiger charge is 2.43. The molecule has 1 aromatic carbocycles. The van der Waals surface area contributed by atoms with Gasteiger partial charge in [-0.25, -0.2) is 18.7 Å². The van der Waals surface area contributed by atoms with Crippen molar-refractivity contribution in [1.82, 2.24) is 14.9 Å². The van der Waals surface area contributed by atoms with Crippen LogP contribution in [0.15, 0.2) is 60.8 Å².